The summed E-state index contributed by atoms with van der Waals surface area (Å²) in [5.74, 6) is -0.459. The van der Waals surface area contributed by atoms with E-state index in [-0.39, 0.29) is 11.3 Å². The molecule has 1 amide bonds. The molecule has 0 saturated heterocycles. The number of carbonyl (C=O) groups is 1. The van der Waals surface area contributed by atoms with Gasteiger partial charge in [-0.2, -0.15) is 0 Å². The number of benzene rings is 1. The van der Waals surface area contributed by atoms with Crippen LogP contribution in [0.15, 0.2) is 35.7 Å². The topological polar surface area (TPSA) is 98.0 Å². The van der Waals surface area contributed by atoms with Crippen molar-refractivity contribution in [3.63, 3.8) is 0 Å². The van der Waals surface area contributed by atoms with Crippen molar-refractivity contribution < 1.29 is 9.72 Å². The summed E-state index contributed by atoms with van der Waals surface area (Å²) < 4.78 is 0. The number of anilines is 1. The van der Waals surface area contributed by atoms with Crippen molar-refractivity contribution in [2.24, 2.45) is 0 Å². The molecule has 0 aliphatic carbocycles. The number of non-ortho nitro benzene ring substituents is 1. The molecule has 2 heterocycles. The predicted octanol–water partition coefficient (Wildman–Crippen LogP) is 3.74. The minimum Gasteiger partial charge on any atom is -0.296 e. The summed E-state index contributed by atoms with van der Waals surface area (Å²) in [7, 11) is 0. The van der Waals surface area contributed by atoms with Gasteiger partial charge in [0.05, 0.1) is 9.80 Å². The zero-order chi connectivity index (χ0) is 16.4. The molecule has 1 N–H and O–H groups in total. The molecule has 116 valence electrons. The molecular weight excluding hydrogens is 336 g/mol. The van der Waals surface area contributed by atoms with Gasteiger partial charge in [0.25, 0.3) is 11.6 Å². The van der Waals surface area contributed by atoms with Gasteiger partial charge in [-0.15, -0.1) is 21.5 Å². The summed E-state index contributed by atoms with van der Waals surface area (Å²) in [5.41, 5.74) is 1.16. The number of thiophene rings is 1. The minimum absolute atomic E-state index is 0.134. The second kappa shape index (κ2) is 6.23. The highest BCUT2D eigenvalue weighted by Gasteiger charge is 2.15. The Labute approximate surface area is 138 Å². The smallest absolute Gasteiger partial charge is 0.270 e. The van der Waals surface area contributed by atoms with Crippen LogP contribution >= 0.6 is 22.7 Å². The van der Waals surface area contributed by atoms with Crippen LogP contribution in [0.25, 0.3) is 9.88 Å². The molecule has 0 unspecified atom stereocenters. The van der Waals surface area contributed by atoms with Crippen LogP contribution in [0.5, 0.6) is 0 Å². The van der Waals surface area contributed by atoms with E-state index in [9.17, 15) is 14.9 Å². The van der Waals surface area contributed by atoms with Crippen molar-refractivity contribution in [1.82, 2.24) is 10.2 Å². The SMILES string of the molecule is Cc1ccsc1-c1nnc(NC(=O)c2cccc([N+](=O)[O-])c2)s1. The average molecular weight is 346 g/mol. The fraction of sp³-hybridized carbons (Fsp3) is 0.0714. The van der Waals surface area contributed by atoms with Gasteiger partial charge in [-0.1, -0.05) is 17.4 Å². The molecule has 23 heavy (non-hydrogen) atoms. The number of rotatable bonds is 4. The molecule has 0 spiro atoms. The van der Waals surface area contributed by atoms with E-state index in [1.165, 1.54) is 35.6 Å². The Balaban J connectivity index is 1.79. The number of aromatic nitrogens is 2. The minimum atomic E-state index is -0.542. The van der Waals surface area contributed by atoms with Gasteiger partial charge in [-0.05, 0) is 30.0 Å². The monoisotopic (exact) mass is 346 g/mol. The number of amides is 1. The van der Waals surface area contributed by atoms with E-state index in [0.717, 1.165) is 15.4 Å². The lowest BCUT2D eigenvalue weighted by Crippen LogP contribution is -2.11. The van der Waals surface area contributed by atoms with E-state index in [0.29, 0.717) is 5.13 Å². The molecule has 3 rings (SSSR count). The quantitative estimate of drug-likeness (QED) is 0.573. The van der Waals surface area contributed by atoms with Gasteiger partial charge in [0.15, 0.2) is 5.01 Å². The zero-order valence-corrected chi connectivity index (χ0v) is 13.5. The van der Waals surface area contributed by atoms with Gasteiger partial charge in [0, 0.05) is 17.7 Å². The van der Waals surface area contributed by atoms with Crippen LogP contribution in [0.3, 0.4) is 0 Å². The summed E-state index contributed by atoms with van der Waals surface area (Å²) in [6.07, 6.45) is 0. The number of carbonyl (C=O) groups excluding carboxylic acids is 1. The Kier molecular flexibility index (Phi) is 4.13. The second-order valence-electron chi connectivity index (χ2n) is 4.61. The Morgan fingerprint density at radius 1 is 1.30 bits per heavy atom. The summed E-state index contributed by atoms with van der Waals surface area (Å²) >= 11 is 2.82. The number of nitrogens with one attached hydrogen (secondary N) is 1. The number of hydrogen-bond donors (Lipinski definition) is 1. The van der Waals surface area contributed by atoms with Crippen molar-refractivity contribution in [3.8, 4) is 9.88 Å². The standard InChI is InChI=1S/C14H10N4O3S2/c1-8-5-6-22-11(8)13-16-17-14(23-13)15-12(19)9-3-2-4-10(7-9)18(20)21/h2-7H,1H3,(H,15,17,19). The molecular formula is C14H10N4O3S2. The van der Waals surface area contributed by atoms with E-state index in [1.807, 2.05) is 18.4 Å². The van der Waals surface area contributed by atoms with Crippen LogP contribution in [0.4, 0.5) is 10.8 Å². The van der Waals surface area contributed by atoms with E-state index >= 15 is 0 Å². The highest BCUT2D eigenvalue weighted by molar-refractivity contribution is 7.23. The Hall–Kier alpha value is -2.65. The van der Waals surface area contributed by atoms with Crippen LogP contribution in [-0.4, -0.2) is 21.0 Å². The molecule has 0 aliphatic rings. The van der Waals surface area contributed by atoms with Gasteiger partial charge in [-0.25, -0.2) is 0 Å². The number of hydrogen-bond acceptors (Lipinski definition) is 7. The van der Waals surface area contributed by atoms with E-state index in [1.54, 1.807) is 11.3 Å². The number of nitro groups is 1. The number of aryl methyl sites for hydroxylation is 1. The van der Waals surface area contributed by atoms with Gasteiger partial charge in [-0.3, -0.25) is 20.2 Å². The third-order valence-electron chi connectivity index (χ3n) is 3.02. The Morgan fingerprint density at radius 2 is 2.13 bits per heavy atom. The molecule has 1 aromatic carbocycles. The molecule has 0 bridgehead atoms. The maximum absolute atomic E-state index is 12.2. The van der Waals surface area contributed by atoms with Crippen molar-refractivity contribution in [1.29, 1.82) is 0 Å². The summed E-state index contributed by atoms with van der Waals surface area (Å²) in [6, 6.07) is 7.52. The fourth-order valence-corrected chi connectivity index (χ4v) is 3.70. The Bertz CT molecular complexity index is 888. The molecule has 0 radical (unpaired) electrons. The second-order valence-corrected chi connectivity index (χ2v) is 6.50. The molecule has 9 heteroatoms. The maximum atomic E-state index is 12.2. The van der Waals surface area contributed by atoms with Crippen molar-refractivity contribution in [2.75, 3.05) is 5.32 Å². The molecule has 3 aromatic rings. The van der Waals surface area contributed by atoms with Gasteiger partial charge in [0.1, 0.15) is 0 Å². The van der Waals surface area contributed by atoms with Crippen molar-refractivity contribution in [3.05, 3.63) is 57.0 Å². The molecule has 0 aliphatic heterocycles. The highest BCUT2D eigenvalue weighted by Crippen LogP contribution is 2.33. The zero-order valence-electron chi connectivity index (χ0n) is 11.8. The molecule has 2 aromatic heterocycles. The lowest BCUT2D eigenvalue weighted by atomic mass is 10.2. The number of nitrogens with zero attached hydrogens (tertiary/aromatic N) is 3. The normalized spacial score (nSPS) is 10.5. The van der Waals surface area contributed by atoms with Crippen molar-refractivity contribution in [2.45, 2.75) is 6.92 Å². The van der Waals surface area contributed by atoms with E-state index < -0.39 is 10.8 Å². The lowest BCUT2D eigenvalue weighted by molar-refractivity contribution is -0.384. The molecule has 7 nitrogen and oxygen atoms in total. The maximum Gasteiger partial charge on any atom is 0.270 e. The summed E-state index contributed by atoms with van der Waals surface area (Å²) in [4.78, 5) is 23.4. The van der Waals surface area contributed by atoms with Crippen LogP contribution in [-0.2, 0) is 0 Å². The summed E-state index contributed by atoms with van der Waals surface area (Å²) in [5, 5.41) is 24.4. The lowest BCUT2D eigenvalue weighted by Gasteiger charge is -2.00. The molecule has 0 atom stereocenters. The van der Waals surface area contributed by atoms with Gasteiger partial charge < -0.3 is 0 Å². The molecule has 0 fully saturated rings. The van der Waals surface area contributed by atoms with Crippen molar-refractivity contribution >= 4 is 39.4 Å². The van der Waals surface area contributed by atoms with Crippen LogP contribution in [0.1, 0.15) is 15.9 Å². The average Bonchev–Trinajstić information content (AvgIpc) is 3.16. The van der Waals surface area contributed by atoms with Crippen LogP contribution < -0.4 is 5.32 Å². The fourth-order valence-electron chi connectivity index (χ4n) is 1.89. The highest BCUT2D eigenvalue weighted by atomic mass is 32.1. The summed E-state index contributed by atoms with van der Waals surface area (Å²) in [6.45, 7) is 1.98. The first-order chi connectivity index (χ1) is 11.0. The molecule has 0 saturated carbocycles. The Morgan fingerprint density at radius 3 is 2.83 bits per heavy atom. The largest absolute Gasteiger partial charge is 0.296 e. The first-order valence-electron chi connectivity index (χ1n) is 6.48. The van der Waals surface area contributed by atoms with E-state index in [2.05, 4.69) is 15.5 Å². The predicted molar refractivity (Wildman–Crippen MR) is 89.0 cm³/mol. The van der Waals surface area contributed by atoms with Crippen LogP contribution in [0.2, 0.25) is 0 Å². The third-order valence-corrected chi connectivity index (χ3v) is 5.03. The third kappa shape index (κ3) is 3.25. The first-order valence-corrected chi connectivity index (χ1v) is 8.18. The van der Waals surface area contributed by atoms with Gasteiger partial charge >= 0.3 is 0 Å². The van der Waals surface area contributed by atoms with Crippen LogP contribution in [0, 0.1) is 17.0 Å². The van der Waals surface area contributed by atoms with E-state index in [4.69, 9.17) is 0 Å². The van der Waals surface area contributed by atoms with Gasteiger partial charge in [0.2, 0.25) is 5.13 Å². The first kappa shape index (κ1) is 15.3. The number of nitro benzene ring substituents is 1.